The Bertz CT molecular complexity index is 723. The van der Waals surface area contributed by atoms with Gasteiger partial charge in [0.2, 0.25) is 5.91 Å². The first-order valence-electron chi connectivity index (χ1n) is 7.85. The highest BCUT2D eigenvalue weighted by Gasteiger charge is 2.47. The highest BCUT2D eigenvalue weighted by atomic mass is 32.1. The molecular weight excluding hydrogens is 324 g/mol. The molecule has 6 heteroatoms. The number of likely N-dealkylation sites (tertiary alicyclic amines) is 1. The zero-order chi connectivity index (χ0) is 16.4. The Balaban J connectivity index is 0.00000208. The number of nitrogens with one attached hydrogen (secondary N) is 1. The Morgan fingerprint density at radius 1 is 1.38 bits per heavy atom. The lowest BCUT2D eigenvalue weighted by Gasteiger charge is -2.33. The van der Waals surface area contributed by atoms with Crippen LogP contribution in [0.5, 0.6) is 0 Å². The lowest BCUT2D eigenvalue weighted by molar-refractivity contribution is -0.136. The van der Waals surface area contributed by atoms with Crippen molar-refractivity contribution in [3.63, 3.8) is 0 Å². The van der Waals surface area contributed by atoms with Crippen LogP contribution in [0.2, 0.25) is 0 Å². The van der Waals surface area contributed by atoms with Crippen LogP contribution in [-0.2, 0) is 17.6 Å². The standard InChI is InChI=1S/C18H20N2O3.H2S/c1-2-3-9-20-10-8-18(17(20)22)7-6-13-11-14(16(21)19-23)4-5-15(13)12-18;/h4-5,11,23H,6-10,12H2,1H3,(H,19,21);1H2/t18-;/m1./s1. The highest BCUT2D eigenvalue weighted by molar-refractivity contribution is 7.59. The zero-order valence-corrected chi connectivity index (χ0v) is 14.7. The van der Waals surface area contributed by atoms with E-state index in [9.17, 15) is 9.59 Å². The monoisotopic (exact) mass is 346 g/mol. The highest BCUT2D eigenvalue weighted by Crippen LogP contribution is 2.43. The Kier molecular flexibility index (Phi) is 5.58. The molecule has 0 saturated carbocycles. The van der Waals surface area contributed by atoms with Crippen molar-refractivity contribution < 1.29 is 14.8 Å². The average molecular weight is 346 g/mol. The van der Waals surface area contributed by atoms with Gasteiger partial charge < -0.3 is 4.90 Å². The maximum Gasteiger partial charge on any atom is 0.274 e. The molecule has 1 aromatic rings. The van der Waals surface area contributed by atoms with E-state index >= 15 is 0 Å². The number of hydroxylamine groups is 1. The molecule has 0 aromatic heterocycles. The van der Waals surface area contributed by atoms with E-state index in [0.717, 1.165) is 43.4 Å². The maximum absolute atomic E-state index is 12.8. The number of hydrogen-bond donors (Lipinski definition) is 2. The summed E-state index contributed by atoms with van der Waals surface area (Å²) < 4.78 is 0. The average Bonchev–Trinajstić information content (AvgIpc) is 2.88. The zero-order valence-electron chi connectivity index (χ0n) is 13.7. The molecule has 1 aliphatic heterocycles. The van der Waals surface area contributed by atoms with Crippen molar-refractivity contribution in [2.45, 2.75) is 32.6 Å². The van der Waals surface area contributed by atoms with Gasteiger partial charge in [0.15, 0.2) is 0 Å². The molecule has 2 aliphatic rings. The molecule has 1 heterocycles. The number of carbonyl (C=O) groups excluding carboxylic acids is 2. The Morgan fingerprint density at radius 2 is 2.17 bits per heavy atom. The van der Waals surface area contributed by atoms with Gasteiger partial charge in [-0.25, -0.2) is 5.48 Å². The van der Waals surface area contributed by atoms with Crippen LogP contribution in [0.3, 0.4) is 0 Å². The molecule has 5 nitrogen and oxygen atoms in total. The first kappa shape index (κ1) is 18.4. The summed E-state index contributed by atoms with van der Waals surface area (Å²) in [5, 5.41) is 8.73. The first-order valence-corrected chi connectivity index (χ1v) is 7.85. The van der Waals surface area contributed by atoms with E-state index in [4.69, 9.17) is 5.21 Å². The number of fused-ring (bicyclic) bond motifs is 1. The second-order valence-electron chi connectivity index (χ2n) is 6.29. The summed E-state index contributed by atoms with van der Waals surface area (Å²) in [7, 11) is 0. The Morgan fingerprint density at radius 3 is 2.88 bits per heavy atom. The molecule has 128 valence electrons. The number of carbonyl (C=O) groups is 2. The van der Waals surface area contributed by atoms with Gasteiger partial charge >= 0.3 is 0 Å². The van der Waals surface area contributed by atoms with E-state index < -0.39 is 5.91 Å². The Labute approximate surface area is 148 Å². The third-order valence-corrected chi connectivity index (χ3v) is 5.02. The minimum absolute atomic E-state index is 0. The predicted molar refractivity (Wildman–Crippen MR) is 95.2 cm³/mol. The van der Waals surface area contributed by atoms with Gasteiger partial charge in [0.05, 0.1) is 12.0 Å². The van der Waals surface area contributed by atoms with Gasteiger partial charge in [-0.05, 0) is 55.9 Å². The van der Waals surface area contributed by atoms with E-state index in [1.54, 1.807) is 18.5 Å². The number of nitrogens with zero attached hydrogens (tertiary/aromatic N) is 1. The summed E-state index contributed by atoms with van der Waals surface area (Å²) in [6.45, 7) is 3.07. The topological polar surface area (TPSA) is 69.6 Å². The largest absolute Gasteiger partial charge is 0.331 e. The third-order valence-electron chi connectivity index (χ3n) is 5.02. The van der Waals surface area contributed by atoms with Crippen molar-refractivity contribution in [1.82, 2.24) is 10.4 Å². The Hall–Kier alpha value is -1.97. The summed E-state index contributed by atoms with van der Waals surface area (Å²) in [5.74, 6) is 5.52. The molecule has 1 aliphatic carbocycles. The van der Waals surface area contributed by atoms with Crippen LogP contribution in [-0.4, -0.2) is 35.0 Å². The molecule has 0 radical (unpaired) electrons. The fourth-order valence-electron chi connectivity index (χ4n) is 3.68. The van der Waals surface area contributed by atoms with Gasteiger partial charge in [0.25, 0.3) is 5.91 Å². The number of aryl methyl sites for hydroxylation is 1. The second kappa shape index (κ2) is 7.29. The van der Waals surface area contributed by atoms with Gasteiger partial charge in [0.1, 0.15) is 0 Å². The fourth-order valence-corrected chi connectivity index (χ4v) is 3.68. The van der Waals surface area contributed by atoms with E-state index in [0.29, 0.717) is 12.1 Å². The first-order chi connectivity index (χ1) is 11.1. The van der Waals surface area contributed by atoms with Gasteiger partial charge in [-0.15, -0.1) is 5.92 Å². The molecule has 0 bridgehead atoms. The third kappa shape index (κ3) is 3.14. The van der Waals surface area contributed by atoms with Crippen molar-refractivity contribution in [2.75, 3.05) is 13.1 Å². The summed E-state index contributed by atoms with van der Waals surface area (Å²) in [5.41, 5.74) is 4.02. The van der Waals surface area contributed by atoms with Gasteiger partial charge in [-0.1, -0.05) is 12.0 Å². The van der Waals surface area contributed by atoms with E-state index in [1.807, 2.05) is 17.0 Å². The number of benzene rings is 1. The molecule has 0 unspecified atom stereocenters. The smallest absolute Gasteiger partial charge is 0.274 e. The quantitative estimate of drug-likeness (QED) is 0.486. The van der Waals surface area contributed by atoms with Crippen molar-refractivity contribution in [2.24, 2.45) is 5.41 Å². The molecule has 24 heavy (non-hydrogen) atoms. The normalized spacial score (nSPS) is 21.6. The molecule has 2 amide bonds. The lowest BCUT2D eigenvalue weighted by Crippen LogP contribution is -2.38. The molecule has 1 aromatic carbocycles. The minimum atomic E-state index is -0.505. The van der Waals surface area contributed by atoms with Crippen molar-refractivity contribution in [3.8, 4) is 11.8 Å². The van der Waals surface area contributed by atoms with Crippen LogP contribution in [0, 0.1) is 17.3 Å². The summed E-state index contributed by atoms with van der Waals surface area (Å²) in [6, 6.07) is 5.42. The summed E-state index contributed by atoms with van der Waals surface area (Å²) in [6.07, 6.45) is 3.17. The summed E-state index contributed by atoms with van der Waals surface area (Å²) in [4.78, 5) is 26.1. The van der Waals surface area contributed by atoms with Crippen molar-refractivity contribution in [3.05, 3.63) is 34.9 Å². The molecule has 1 saturated heterocycles. The number of amides is 2. The predicted octanol–water partition coefficient (Wildman–Crippen LogP) is 1.65. The number of rotatable bonds is 2. The van der Waals surface area contributed by atoms with E-state index in [2.05, 4.69) is 11.8 Å². The van der Waals surface area contributed by atoms with E-state index in [-0.39, 0.29) is 24.8 Å². The van der Waals surface area contributed by atoms with Crippen LogP contribution in [0.1, 0.15) is 41.3 Å². The van der Waals surface area contributed by atoms with Gasteiger partial charge in [-0.2, -0.15) is 13.5 Å². The molecule has 1 spiro atoms. The van der Waals surface area contributed by atoms with Crippen molar-refractivity contribution >= 4 is 25.3 Å². The molecule has 2 N–H and O–H groups in total. The maximum atomic E-state index is 12.8. The molecule has 1 atom stereocenters. The van der Waals surface area contributed by atoms with Crippen LogP contribution >= 0.6 is 13.5 Å². The van der Waals surface area contributed by atoms with Gasteiger partial charge in [0, 0.05) is 12.1 Å². The van der Waals surface area contributed by atoms with Crippen LogP contribution in [0.25, 0.3) is 0 Å². The van der Waals surface area contributed by atoms with Crippen LogP contribution < -0.4 is 5.48 Å². The molecule has 3 rings (SSSR count). The van der Waals surface area contributed by atoms with E-state index in [1.165, 1.54) is 0 Å². The second-order valence-corrected chi connectivity index (χ2v) is 6.29. The van der Waals surface area contributed by atoms with Crippen molar-refractivity contribution in [1.29, 1.82) is 0 Å². The van der Waals surface area contributed by atoms with Crippen LogP contribution in [0.4, 0.5) is 0 Å². The lowest BCUT2D eigenvalue weighted by atomic mass is 9.70. The number of hydrogen-bond acceptors (Lipinski definition) is 3. The van der Waals surface area contributed by atoms with Crippen LogP contribution in [0.15, 0.2) is 18.2 Å². The summed E-state index contributed by atoms with van der Waals surface area (Å²) >= 11 is 0. The minimum Gasteiger partial charge on any atom is -0.331 e. The molecular formula is C18H22N2O3S. The SMILES string of the molecule is CC#CCN1CC[C@@]2(CCc3cc(C(=O)NO)ccc3C2)C1=O.S. The fraction of sp³-hybridized carbons (Fsp3) is 0.444. The van der Waals surface area contributed by atoms with Gasteiger partial charge in [-0.3, -0.25) is 14.8 Å². The molecule has 1 fully saturated rings.